The number of aromatic nitrogens is 2. The molecule has 0 saturated heterocycles. The first kappa shape index (κ1) is 15.5. The second kappa shape index (κ2) is 6.37. The molecule has 3 aromatic rings. The van der Waals surface area contributed by atoms with E-state index in [1.165, 1.54) is 32.6 Å². The van der Waals surface area contributed by atoms with Crippen LogP contribution < -0.4 is 9.47 Å². The van der Waals surface area contributed by atoms with Gasteiger partial charge in [0.25, 0.3) is 5.69 Å². The summed E-state index contributed by atoms with van der Waals surface area (Å²) in [5.74, 6) is 0.691. The molecule has 8 heteroatoms. The van der Waals surface area contributed by atoms with Crippen LogP contribution in [0.15, 0.2) is 41.5 Å². The van der Waals surface area contributed by atoms with Crippen LogP contribution in [0.3, 0.4) is 0 Å². The first-order chi connectivity index (χ1) is 11.6. The molecule has 0 spiro atoms. The molecule has 122 valence electrons. The largest absolute Gasteiger partial charge is 0.493 e. The van der Waals surface area contributed by atoms with Gasteiger partial charge in [-0.3, -0.25) is 20.2 Å². The van der Waals surface area contributed by atoms with Gasteiger partial charge in [0.05, 0.1) is 48.2 Å². The number of H-pyrrole nitrogens is 1. The van der Waals surface area contributed by atoms with Crippen LogP contribution in [-0.4, -0.2) is 35.6 Å². The second-order valence-electron chi connectivity index (χ2n) is 4.92. The lowest BCUT2D eigenvalue weighted by Gasteiger charge is -2.08. The van der Waals surface area contributed by atoms with E-state index in [9.17, 15) is 10.1 Å². The lowest BCUT2D eigenvalue weighted by molar-refractivity contribution is -0.385. The summed E-state index contributed by atoms with van der Waals surface area (Å²) >= 11 is 0. The number of benzene rings is 2. The molecule has 8 nitrogen and oxygen atoms in total. The fourth-order valence-corrected chi connectivity index (χ4v) is 2.30. The van der Waals surface area contributed by atoms with Crippen LogP contribution >= 0.6 is 0 Å². The van der Waals surface area contributed by atoms with Crippen molar-refractivity contribution in [1.82, 2.24) is 10.2 Å². The van der Waals surface area contributed by atoms with E-state index in [0.717, 1.165) is 10.9 Å². The van der Waals surface area contributed by atoms with E-state index >= 15 is 0 Å². The average Bonchev–Trinajstić information content (AvgIpc) is 3.06. The van der Waals surface area contributed by atoms with Crippen molar-refractivity contribution < 1.29 is 14.4 Å². The van der Waals surface area contributed by atoms with E-state index in [2.05, 4.69) is 15.2 Å². The number of aromatic amines is 1. The summed E-state index contributed by atoms with van der Waals surface area (Å²) in [6, 6.07) is 8.32. The third-order valence-corrected chi connectivity index (χ3v) is 3.51. The Morgan fingerprint density at radius 3 is 2.67 bits per heavy atom. The third-order valence-electron chi connectivity index (χ3n) is 3.51. The van der Waals surface area contributed by atoms with Crippen molar-refractivity contribution in [3.63, 3.8) is 0 Å². The first-order valence-corrected chi connectivity index (χ1v) is 7.00. The van der Waals surface area contributed by atoms with Gasteiger partial charge in [-0.1, -0.05) is 0 Å². The van der Waals surface area contributed by atoms with Gasteiger partial charge in [0.2, 0.25) is 0 Å². The van der Waals surface area contributed by atoms with Gasteiger partial charge in [-0.05, 0) is 24.3 Å². The van der Waals surface area contributed by atoms with Crippen LogP contribution in [0.2, 0.25) is 0 Å². The predicted molar refractivity (Wildman–Crippen MR) is 89.5 cm³/mol. The highest BCUT2D eigenvalue weighted by molar-refractivity contribution is 5.90. The smallest absolute Gasteiger partial charge is 0.282 e. The fraction of sp³-hybridized carbons (Fsp3) is 0.125. The fourth-order valence-electron chi connectivity index (χ4n) is 2.30. The Hall–Kier alpha value is -3.42. The van der Waals surface area contributed by atoms with Crippen molar-refractivity contribution in [3.8, 4) is 11.5 Å². The van der Waals surface area contributed by atoms with Crippen LogP contribution in [0.5, 0.6) is 11.5 Å². The molecule has 24 heavy (non-hydrogen) atoms. The summed E-state index contributed by atoms with van der Waals surface area (Å²) < 4.78 is 10.3. The highest BCUT2D eigenvalue weighted by Gasteiger charge is 2.18. The zero-order valence-corrected chi connectivity index (χ0v) is 13.0. The zero-order chi connectivity index (χ0) is 17.1. The average molecular weight is 326 g/mol. The number of nitro benzene ring substituents is 1. The minimum Gasteiger partial charge on any atom is -0.493 e. The monoisotopic (exact) mass is 326 g/mol. The molecule has 0 saturated carbocycles. The van der Waals surface area contributed by atoms with Crippen molar-refractivity contribution in [2.45, 2.75) is 0 Å². The van der Waals surface area contributed by atoms with E-state index in [1.54, 1.807) is 12.3 Å². The molecule has 0 aliphatic heterocycles. The number of nitrogens with one attached hydrogen (secondary N) is 1. The molecule has 0 radical (unpaired) electrons. The second-order valence-corrected chi connectivity index (χ2v) is 4.92. The van der Waals surface area contributed by atoms with E-state index < -0.39 is 4.92 Å². The maximum absolute atomic E-state index is 11.3. The van der Waals surface area contributed by atoms with Crippen LogP contribution in [-0.2, 0) is 0 Å². The molecule has 1 N–H and O–H groups in total. The predicted octanol–water partition coefficient (Wildman–Crippen LogP) is 3.24. The van der Waals surface area contributed by atoms with Gasteiger partial charge < -0.3 is 9.47 Å². The Morgan fingerprint density at radius 2 is 1.96 bits per heavy atom. The number of ether oxygens (including phenoxy) is 2. The van der Waals surface area contributed by atoms with E-state index in [-0.39, 0.29) is 5.69 Å². The molecule has 0 unspecified atom stereocenters. The minimum absolute atomic E-state index is 0.110. The number of hydrogen-bond acceptors (Lipinski definition) is 6. The van der Waals surface area contributed by atoms with E-state index in [4.69, 9.17) is 9.47 Å². The van der Waals surface area contributed by atoms with Crippen LogP contribution in [0.1, 0.15) is 5.56 Å². The number of methoxy groups -OCH3 is 2. The summed E-state index contributed by atoms with van der Waals surface area (Å²) in [6.07, 6.45) is 3.12. The molecule has 1 aromatic heterocycles. The SMILES string of the molecule is COc1cc(C=Nc2ccc3[nH]ncc3c2)c([N+](=O)[O-])cc1OC. The van der Waals surface area contributed by atoms with E-state index in [1.807, 2.05) is 12.1 Å². The summed E-state index contributed by atoms with van der Waals surface area (Å²) in [5, 5.41) is 19.0. The van der Waals surface area contributed by atoms with Gasteiger partial charge in [-0.15, -0.1) is 0 Å². The summed E-state index contributed by atoms with van der Waals surface area (Å²) in [6.45, 7) is 0. The lowest BCUT2D eigenvalue weighted by atomic mass is 10.1. The van der Waals surface area contributed by atoms with Gasteiger partial charge in [0.1, 0.15) is 0 Å². The number of hydrogen-bond donors (Lipinski definition) is 1. The van der Waals surface area contributed by atoms with Gasteiger partial charge in [0.15, 0.2) is 11.5 Å². The molecule has 2 aromatic carbocycles. The Morgan fingerprint density at radius 1 is 1.21 bits per heavy atom. The minimum atomic E-state index is -0.484. The summed E-state index contributed by atoms with van der Waals surface area (Å²) in [7, 11) is 2.90. The Labute approximate surface area is 136 Å². The molecular weight excluding hydrogens is 312 g/mol. The number of aliphatic imine (C=N–C) groups is 1. The lowest BCUT2D eigenvalue weighted by Crippen LogP contribution is -1.98. The van der Waals surface area contributed by atoms with Crippen molar-refractivity contribution >= 4 is 28.5 Å². The molecule has 0 atom stereocenters. The van der Waals surface area contributed by atoms with Gasteiger partial charge in [-0.2, -0.15) is 5.10 Å². The molecule has 3 rings (SSSR count). The first-order valence-electron chi connectivity index (χ1n) is 7.00. The van der Waals surface area contributed by atoms with Gasteiger partial charge in [-0.25, -0.2) is 0 Å². The summed E-state index contributed by atoms with van der Waals surface area (Å²) in [5.41, 5.74) is 1.77. The van der Waals surface area contributed by atoms with Crippen LogP contribution in [0.4, 0.5) is 11.4 Å². The Kier molecular flexibility index (Phi) is 4.11. The van der Waals surface area contributed by atoms with Crippen LogP contribution in [0, 0.1) is 10.1 Å². The molecule has 0 amide bonds. The standard InChI is InChI=1S/C16H14N4O4/c1-23-15-6-11(14(20(21)22)7-16(15)24-2)8-17-12-3-4-13-10(5-12)9-18-19-13/h3-9H,1-2H3,(H,18,19). The number of fused-ring (bicyclic) bond motifs is 1. The highest BCUT2D eigenvalue weighted by atomic mass is 16.6. The third kappa shape index (κ3) is 2.89. The highest BCUT2D eigenvalue weighted by Crippen LogP contribution is 2.34. The molecular formula is C16H14N4O4. The molecule has 0 aliphatic carbocycles. The maximum Gasteiger partial charge on any atom is 0.282 e. The molecule has 1 heterocycles. The maximum atomic E-state index is 11.3. The zero-order valence-electron chi connectivity index (χ0n) is 13.0. The number of nitro groups is 1. The normalized spacial score (nSPS) is 11.1. The summed E-state index contributed by atoms with van der Waals surface area (Å²) in [4.78, 5) is 15.1. The Balaban J connectivity index is 2.02. The van der Waals surface area contributed by atoms with E-state index in [0.29, 0.717) is 22.7 Å². The van der Waals surface area contributed by atoms with Gasteiger partial charge in [0, 0.05) is 11.6 Å². The molecule has 0 fully saturated rings. The topological polar surface area (TPSA) is 103 Å². The van der Waals surface area contributed by atoms with Crippen LogP contribution in [0.25, 0.3) is 10.9 Å². The van der Waals surface area contributed by atoms with Crippen molar-refractivity contribution in [3.05, 3.63) is 52.2 Å². The Bertz CT molecular complexity index is 933. The number of rotatable bonds is 5. The molecule has 0 aliphatic rings. The quantitative estimate of drug-likeness (QED) is 0.440. The van der Waals surface area contributed by atoms with Gasteiger partial charge >= 0.3 is 0 Å². The molecule has 0 bridgehead atoms. The van der Waals surface area contributed by atoms with Crippen molar-refractivity contribution in [1.29, 1.82) is 0 Å². The van der Waals surface area contributed by atoms with Crippen molar-refractivity contribution in [2.75, 3.05) is 14.2 Å². The van der Waals surface area contributed by atoms with Crippen molar-refractivity contribution in [2.24, 2.45) is 4.99 Å². The number of nitrogens with zero attached hydrogens (tertiary/aromatic N) is 3.